The molecule has 0 atom stereocenters. The largest absolute Gasteiger partial charge is 0.496 e. The number of hydrogen-bond acceptors (Lipinski definition) is 4. The standard InChI is InChI=1S/C19H20BrFN2O4S/c1-27-18-8-3-14(13-17(18)20)19(24)22-9-2-10-23(12-11-22)28(25,26)16-6-4-15(21)5-7-16/h3-8,13H,2,9-12H2,1H3. The summed E-state index contributed by atoms with van der Waals surface area (Å²) in [6.45, 7) is 1.22. The van der Waals surface area contributed by atoms with Crippen LogP contribution in [-0.2, 0) is 10.0 Å². The topological polar surface area (TPSA) is 66.9 Å². The number of rotatable bonds is 4. The Kier molecular flexibility index (Phi) is 6.36. The number of halogens is 2. The predicted octanol–water partition coefficient (Wildman–Crippen LogP) is 3.13. The Morgan fingerprint density at radius 1 is 1.07 bits per heavy atom. The molecule has 0 unspecified atom stereocenters. The van der Waals surface area contributed by atoms with Crippen molar-refractivity contribution in [2.24, 2.45) is 0 Å². The number of carbonyl (C=O) groups excluding carboxylic acids is 1. The Morgan fingerprint density at radius 3 is 2.43 bits per heavy atom. The van der Waals surface area contributed by atoms with E-state index < -0.39 is 15.8 Å². The van der Waals surface area contributed by atoms with Crippen LogP contribution in [0.5, 0.6) is 5.75 Å². The molecule has 2 aromatic rings. The molecule has 9 heteroatoms. The highest BCUT2D eigenvalue weighted by atomic mass is 79.9. The second-order valence-corrected chi connectivity index (χ2v) is 9.15. The molecule has 3 rings (SSSR count). The van der Waals surface area contributed by atoms with Gasteiger partial charge in [0.2, 0.25) is 10.0 Å². The van der Waals surface area contributed by atoms with Crippen LogP contribution in [0.15, 0.2) is 51.8 Å². The molecule has 28 heavy (non-hydrogen) atoms. The van der Waals surface area contributed by atoms with Crippen molar-refractivity contribution in [3.8, 4) is 5.75 Å². The van der Waals surface area contributed by atoms with Crippen molar-refractivity contribution in [1.82, 2.24) is 9.21 Å². The van der Waals surface area contributed by atoms with Crippen molar-refractivity contribution in [2.75, 3.05) is 33.3 Å². The van der Waals surface area contributed by atoms with Crippen molar-refractivity contribution in [1.29, 1.82) is 0 Å². The van der Waals surface area contributed by atoms with Crippen LogP contribution >= 0.6 is 15.9 Å². The van der Waals surface area contributed by atoms with Gasteiger partial charge in [-0.25, -0.2) is 12.8 Å². The summed E-state index contributed by atoms with van der Waals surface area (Å²) in [4.78, 5) is 14.5. The number of ether oxygens (including phenoxy) is 1. The number of nitrogens with zero attached hydrogens (tertiary/aromatic N) is 2. The number of hydrogen-bond donors (Lipinski definition) is 0. The van der Waals surface area contributed by atoms with Gasteiger partial charge < -0.3 is 9.64 Å². The van der Waals surface area contributed by atoms with Crippen molar-refractivity contribution in [2.45, 2.75) is 11.3 Å². The molecule has 150 valence electrons. The first-order valence-electron chi connectivity index (χ1n) is 8.71. The summed E-state index contributed by atoms with van der Waals surface area (Å²) in [5.74, 6) is -0.0226. The molecular weight excluding hydrogens is 451 g/mol. The van der Waals surface area contributed by atoms with E-state index >= 15 is 0 Å². The van der Waals surface area contributed by atoms with Crippen molar-refractivity contribution in [3.05, 3.63) is 58.3 Å². The van der Waals surface area contributed by atoms with Crippen molar-refractivity contribution in [3.63, 3.8) is 0 Å². The molecule has 6 nitrogen and oxygen atoms in total. The molecule has 1 aliphatic rings. The first-order chi connectivity index (χ1) is 13.3. The van der Waals surface area contributed by atoms with Gasteiger partial charge in [0.25, 0.3) is 5.91 Å². The van der Waals surface area contributed by atoms with Crippen LogP contribution in [0.1, 0.15) is 16.8 Å². The molecule has 0 aliphatic carbocycles. The maximum absolute atomic E-state index is 13.1. The highest BCUT2D eigenvalue weighted by Gasteiger charge is 2.28. The van der Waals surface area contributed by atoms with Crippen LogP contribution in [0.25, 0.3) is 0 Å². The lowest BCUT2D eigenvalue weighted by Gasteiger charge is -2.22. The molecule has 1 saturated heterocycles. The second kappa shape index (κ2) is 8.59. The fourth-order valence-corrected chi connectivity index (χ4v) is 5.09. The summed E-state index contributed by atoms with van der Waals surface area (Å²) < 4.78 is 45.9. The van der Waals surface area contributed by atoms with E-state index in [0.717, 1.165) is 12.1 Å². The molecule has 0 spiro atoms. The Balaban J connectivity index is 1.73. The molecule has 1 heterocycles. The van der Waals surface area contributed by atoms with Crippen LogP contribution in [0.3, 0.4) is 0 Å². The molecule has 0 aromatic heterocycles. The predicted molar refractivity (Wildman–Crippen MR) is 106 cm³/mol. The van der Waals surface area contributed by atoms with E-state index in [0.29, 0.717) is 35.3 Å². The van der Waals surface area contributed by atoms with Crippen molar-refractivity contribution < 1.29 is 22.3 Å². The Hall–Kier alpha value is -1.97. The third-order valence-electron chi connectivity index (χ3n) is 4.59. The maximum atomic E-state index is 13.1. The van der Waals surface area contributed by atoms with Gasteiger partial charge in [-0.05, 0) is 64.8 Å². The van der Waals surface area contributed by atoms with Crippen molar-refractivity contribution >= 4 is 31.9 Å². The summed E-state index contributed by atoms with van der Waals surface area (Å²) >= 11 is 3.37. The number of sulfonamides is 1. The van der Waals surface area contributed by atoms with Gasteiger partial charge in [0.1, 0.15) is 11.6 Å². The van der Waals surface area contributed by atoms with Gasteiger partial charge in [-0.15, -0.1) is 0 Å². The third kappa shape index (κ3) is 4.37. The first kappa shape index (κ1) is 20.8. The molecule has 1 fully saturated rings. The van der Waals surface area contributed by atoms with Gasteiger partial charge in [0.05, 0.1) is 16.5 Å². The summed E-state index contributed by atoms with van der Waals surface area (Å²) in [6, 6.07) is 9.86. The van der Waals surface area contributed by atoms with Gasteiger partial charge in [-0.3, -0.25) is 4.79 Å². The smallest absolute Gasteiger partial charge is 0.253 e. The molecule has 1 amide bonds. The lowest BCUT2D eigenvalue weighted by molar-refractivity contribution is 0.0764. The van der Waals surface area contributed by atoms with Crippen LogP contribution in [0.4, 0.5) is 4.39 Å². The molecule has 0 saturated carbocycles. The van der Waals surface area contributed by atoms with Gasteiger partial charge in [0.15, 0.2) is 0 Å². The second-order valence-electron chi connectivity index (χ2n) is 6.35. The number of benzene rings is 2. The van der Waals surface area contributed by atoms with E-state index in [-0.39, 0.29) is 23.9 Å². The zero-order valence-corrected chi connectivity index (χ0v) is 17.7. The fourth-order valence-electron chi connectivity index (χ4n) is 3.07. The average Bonchev–Trinajstić information content (AvgIpc) is 2.94. The maximum Gasteiger partial charge on any atom is 0.253 e. The molecule has 0 N–H and O–H groups in total. The highest BCUT2D eigenvalue weighted by molar-refractivity contribution is 9.10. The van der Waals surface area contributed by atoms with Gasteiger partial charge >= 0.3 is 0 Å². The van der Waals surface area contributed by atoms with Crippen LogP contribution in [0, 0.1) is 5.82 Å². The zero-order valence-electron chi connectivity index (χ0n) is 15.3. The third-order valence-corrected chi connectivity index (χ3v) is 7.12. The Labute approximate surface area is 172 Å². The molecule has 2 aromatic carbocycles. The first-order valence-corrected chi connectivity index (χ1v) is 10.9. The summed E-state index contributed by atoms with van der Waals surface area (Å²) in [6.07, 6.45) is 0.517. The van der Waals surface area contributed by atoms with Gasteiger partial charge in [-0.2, -0.15) is 4.31 Å². The van der Waals surface area contributed by atoms with Crippen LogP contribution in [-0.4, -0.2) is 56.8 Å². The monoisotopic (exact) mass is 470 g/mol. The number of carbonyl (C=O) groups is 1. The van der Waals surface area contributed by atoms with E-state index in [1.54, 1.807) is 30.2 Å². The summed E-state index contributed by atoms with van der Waals surface area (Å²) in [5.41, 5.74) is 0.502. The van der Waals surface area contributed by atoms with Crippen LogP contribution < -0.4 is 4.74 Å². The fraction of sp³-hybridized carbons (Fsp3) is 0.316. The lowest BCUT2D eigenvalue weighted by atomic mass is 10.2. The van der Waals surface area contributed by atoms with E-state index in [1.807, 2.05) is 0 Å². The summed E-state index contributed by atoms with van der Waals surface area (Å²) in [7, 11) is -2.18. The van der Waals surface area contributed by atoms with Gasteiger partial charge in [-0.1, -0.05) is 0 Å². The minimum Gasteiger partial charge on any atom is -0.496 e. The van der Waals surface area contributed by atoms with Gasteiger partial charge in [0, 0.05) is 31.7 Å². The van der Waals surface area contributed by atoms with E-state index in [4.69, 9.17) is 4.74 Å². The Morgan fingerprint density at radius 2 is 1.79 bits per heavy atom. The molecule has 0 bridgehead atoms. The van der Waals surface area contributed by atoms with E-state index in [2.05, 4.69) is 15.9 Å². The summed E-state index contributed by atoms with van der Waals surface area (Å²) in [5, 5.41) is 0. The van der Waals surface area contributed by atoms with E-state index in [9.17, 15) is 17.6 Å². The zero-order chi connectivity index (χ0) is 20.3. The Bertz CT molecular complexity index is 966. The van der Waals surface area contributed by atoms with Crippen LogP contribution in [0.2, 0.25) is 0 Å². The molecule has 0 radical (unpaired) electrons. The SMILES string of the molecule is COc1ccc(C(=O)N2CCCN(S(=O)(=O)c3ccc(F)cc3)CC2)cc1Br. The minimum atomic E-state index is -3.73. The normalized spacial score (nSPS) is 15.9. The number of amides is 1. The molecule has 1 aliphatic heterocycles. The molecular formula is C19H20BrFN2O4S. The minimum absolute atomic E-state index is 0.0489. The highest BCUT2D eigenvalue weighted by Crippen LogP contribution is 2.26. The average molecular weight is 471 g/mol. The quantitative estimate of drug-likeness (QED) is 0.688. The van der Waals surface area contributed by atoms with E-state index in [1.165, 1.54) is 16.4 Å². The number of methoxy groups -OCH3 is 1. The lowest BCUT2D eigenvalue weighted by Crippen LogP contribution is -2.37.